The number of carbonyl (C=O) groups is 2. The minimum Gasteiger partial charge on any atom is -0.481 e. The fraction of sp³-hybridized carbons (Fsp3) is 0.875. The summed E-state index contributed by atoms with van der Waals surface area (Å²) in [5, 5.41) is 24.6. The molecule has 0 aromatic heterocycles. The van der Waals surface area contributed by atoms with E-state index in [0.717, 1.165) is 64.5 Å². The van der Waals surface area contributed by atoms with Crippen LogP contribution in [0.2, 0.25) is 0 Å². The quantitative estimate of drug-likeness (QED) is 0.488. The highest BCUT2D eigenvalue weighted by Crippen LogP contribution is 2.17. The molecule has 0 unspecified atom stereocenters. The van der Waals surface area contributed by atoms with Crippen LogP contribution in [0.4, 0.5) is 0 Å². The highest BCUT2D eigenvalue weighted by Gasteiger charge is 2.36. The molecule has 0 spiro atoms. The number of hydrogen-bond donors (Lipinski definition) is 4. The van der Waals surface area contributed by atoms with E-state index in [1.165, 1.54) is 0 Å². The SMILES string of the molecule is O=C(O)CCCCCCCC1(C(=O)O)NCCCCCCN1. The van der Waals surface area contributed by atoms with Gasteiger partial charge in [-0.25, -0.2) is 4.79 Å². The lowest BCUT2D eigenvalue weighted by Crippen LogP contribution is -2.62. The molecule has 1 rings (SSSR count). The van der Waals surface area contributed by atoms with Crippen LogP contribution in [0.5, 0.6) is 0 Å². The smallest absolute Gasteiger partial charge is 0.338 e. The molecule has 0 aromatic rings. The summed E-state index contributed by atoms with van der Waals surface area (Å²) in [4.78, 5) is 22.1. The van der Waals surface area contributed by atoms with Gasteiger partial charge in [0.25, 0.3) is 0 Å². The van der Waals surface area contributed by atoms with E-state index in [4.69, 9.17) is 5.11 Å². The summed E-state index contributed by atoms with van der Waals surface area (Å²) in [7, 11) is 0. The summed E-state index contributed by atoms with van der Waals surface area (Å²) < 4.78 is 0. The number of nitrogens with one attached hydrogen (secondary N) is 2. The molecular formula is C16H30N2O4. The van der Waals surface area contributed by atoms with Crippen LogP contribution in [0.3, 0.4) is 0 Å². The third-order valence-corrected chi connectivity index (χ3v) is 4.26. The average molecular weight is 314 g/mol. The highest BCUT2D eigenvalue weighted by molar-refractivity contribution is 5.78. The van der Waals surface area contributed by atoms with E-state index in [1.54, 1.807) is 0 Å². The Hall–Kier alpha value is -1.14. The zero-order chi connectivity index (χ0) is 16.3. The first kappa shape index (κ1) is 18.9. The van der Waals surface area contributed by atoms with Crippen molar-refractivity contribution in [2.75, 3.05) is 13.1 Å². The van der Waals surface area contributed by atoms with Gasteiger partial charge in [-0.1, -0.05) is 32.1 Å². The molecule has 6 nitrogen and oxygen atoms in total. The first-order valence-electron chi connectivity index (χ1n) is 8.52. The maximum absolute atomic E-state index is 11.7. The molecule has 1 heterocycles. The Morgan fingerprint density at radius 2 is 1.36 bits per heavy atom. The molecule has 0 amide bonds. The summed E-state index contributed by atoms with van der Waals surface area (Å²) in [5.74, 6) is -1.57. The Balaban J connectivity index is 2.32. The highest BCUT2D eigenvalue weighted by atomic mass is 16.4. The third-order valence-electron chi connectivity index (χ3n) is 4.26. The van der Waals surface area contributed by atoms with Gasteiger partial charge in [-0.2, -0.15) is 0 Å². The van der Waals surface area contributed by atoms with Gasteiger partial charge in [-0.15, -0.1) is 0 Å². The van der Waals surface area contributed by atoms with E-state index in [9.17, 15) is 14.7 Å². The molecule has 0 atom stereocenters. The van der Waals surface area contributed by atoms with Gasteiger partial charge in [0.05, 0.1) is 0 Å². The summed E-state index contributed by atoms with van der Waals surface area (Å²) >= 11 is 0. The summed E-state index contributed by atoms with van der Waals surface area (Å²) in [5.41, 5.74) is -0.995. The van der Waals surface area contributed by atoms with E-state index in [-0.39, 0.29) is 6.42 Å². The predicted octanol–water partition coefficient (Wildman–Crippen LogP) is 2.34. The third kappa shape index (κ3) is 7.22. The lowest BCUT2D eigenvalue weighted by Gasteiger charge is -2.31. The molecule has 128 valence electrons. The van der Waals surface area contributed by atoms with E-state index < -0.39 is 17.6 Å². The van der Waals surface area contributed by atoms with Crippen molar-refractivity contribution in [3.63, 3.8) is 0 Å². The van der Waals surface area contributed by atoms with E-state index >= 15 is 0 Å². The van der Waals surface area contributed by atoms with Crippen molar-refractivity contribution in [3.8, 4) is 0 Å². The molecule has 0 radical (unpaired) electrons. The van der Waals surface area contributed by atoms with Crippen LogP contribution in [0.25, 0.3) is 0 Å². The van der Waals surface area contributed by atoms with Crippen LogP contribution in [0.15, 0.2) is 0 Å². The maximum Gasteiger partial charge on any atom is 0.338 e. The normalized spacial score (nSPS) is 18.9. The fourth-order valence-electron chi connectivity index (χ4n) is 2.90. The Morgan fingerprint density at radius 3 is 1.91 bits per heavy atom. The van der Waals surface area contributed by atoms with Gasteiger partial charge in [0.2, 0.25) is 0 Å². The largest absolute Gasteiger partial charge is 0.481 e. The molecule has 0 saturated carbocycles. The molecule has 6 heteroatoms. The Morgan fingerprint density at radius 1 is 0.818 bits per heavy atom. The molecule has 22 heavy (non-hydrogen) atoms. The molecule has 1 fully saturated rings. The van der Waals surface area contributed by atoms with E-state index in [1.807, 2.05) is 0 Å². The van der Waals surface area contributed by atoms with Crippen molar-refractivity contribution in [3.05, 3.63) is 0 Å². The number of rotatable bonds is 9. The second kappa shape index (κ2) is 10.6. The van der Waals surface area contributed by atoms with Gasteiger partial charge >= 0.3 is 11.9 Å². The second-order valence-electron chi connectivity index (χ2n) is 6.14. The first-order chi connectivity index (χ1) is 10.6. The van der Waals surface area contributed by atoms with Crippen LogP contribution in [0.1, 0.15) is 70.6 Å². The van der Waals surface area contributed by atoms with Crippen molar-refractivity contribution in [1.82, 2.24) is 10.6 Å². The zero-order valence-electron chi connectivity index (χ0n) is 13.4. The monoisotopic (exact) mass is 314 g/mol. The maximum atomic E-state index is 11.7. The standard InChI is InChI=1S/C16H30N2O4/c19-14(20)10-6-2-1-3-7-11-16(15(21)22)17-12-8-4-5-9-13-18-16/h17-18H,1-13H2,(H,19,20)(H,21,22). The fourth-order valence-corrected chi connectivity index (χ4v) is 2.90. The number of carboxylic acids is 2. The molecule has 1 saturated heterocycles. The second-order valence-corrected chi connectivity index (χ2v) is 6.14. The van der Waals surface area contributed by atoms with E-state index in [0.29, 0.717) is 12.8 Å². The van der Waals surface area contributed by atoms with Gasteiger partial charge in [-0.05, 0) is 45.2 Å². The van der Waals surface area contributed by atoms with Gasteiger partial charge in [0.15, 0.2) is 5.66 Å². The van der Waals surface area contributed by atoms with Crippen LogP contribution in [0, 0.1) is 0 Å². The van der Waals surface area contributed by atoms with Gasteiger partial charge < -0.3 is 10.2 Å². The molecule has 4 N–H and O–H groups in total. The lowest BCUT2D eigenvalue weighted by molar-refractivity contribution is -0.147. The van der Waals surface area contributed by atoms with Crippen LogP contribution in [-0.4, -0.2) is 40.9 Å². The zero-order valence-corrected chi connectivity index (χ0v) is 13.4. The minimum absolute atomic E-state index is 0.224. The summed E-state index contributed by atoms with van der Waals surface area (Å²) in [6.07, 6.45) is 9.46. The van der Waals surface area contributed by atoms with E-state index in [2.05, 4.69) is 10.6 Å². The topological polar surface area (TPSA) is 98.7 Å². The predicted molar refractivity (Wildman–Crippen MR) is 84.8 cm³/mol. The Labute approximate surface area is 132 Å². The lowest BCUT2D eigenvalue weighted by atomic mass is 9.99. The summed E-state index contributed by atoms with van der Waals surface area (Å²) in [6, 6.07) is 0. The number of aliphatic carboxylic acids is 2. The minimum atomic E-state index is -0.995. The van der Waals surface area contributed by atoms with Crippen molar-refractivity contribution >= 4 is 11.9 Å². The Bertz CT molecular complexity index is 337. The Kier molecular flexibility index (Phi) is 9.08. The van der Waals surface area contributed by atoms with Crippen LogP contribution in [-0.2, 0) is 9.59 Å². The molecular weight excluding hydrogens is 284 g/mol. The van der Waals surface area contributed by atoms with Gasteiger partial charge in [0.1, 0.15) is 0 Å². The molecule has 1 aliphatic heterocycles. The van der Waals surface area contributed by atoms with Crippen molar-refractivity contribution in [2.45, 2.75) is 76.3 Å². The van der Waals surface area contributed by atoms with Crippen LogP contribution < -0.4 is 10.6 Å². The molecule has 1 aliphatic rings. The van der Waals surface area contributed by atoms with Crippen molar-refractivity contribution in [1.29, 1.82) is 0 Å². The average Bonchev–Trinajstić information content (AvgIpc) is 2.58. The molecule has 0 aliphatic carbocycles. The van der Waals surface area contributed by atoms with Crippen molar-refractivity contribution < 1.29 is 19.8 Å². The van der Waals surface area contributed by atoms with Gasteiger partial charge in [-0.3, -0.25) is 15.4 Å². The first-order valence-corrected chi connectivity index (χ1v) is 8.52. The van der Waals surface area contributed by atoms with Crippen LogP contribution >= 0.6 is 0 Å². The summed E-state index contributed by atoms with van der Waals surface area (Å²) in [6.45, 7) is 1.47. The molecule has 0 aromatic carbocycles. The van der Waals surface area contributed by atoms with Crippen molar-refractivity contribution in [2.24, 2.45) is 0 Å². The number of hydrogen-bond acceptors (Lipinski definition) is 4. The number of unbranched alkanes of at least 4 members (excludes halogenated alkanes) is 4. The number of carboxylic acid groups (broad SMARTS) is 2. The molecule has 0 bridgehead atoms. The van der Waals surface area contributed by atoms with Gasteiger partial charge in [0, 0.05) is 6.42 Å².